The number of imidazole rings is 1. The van der Waals surface area contributed by atoms with E-state index in [9.17, 15) is 0 Å². The quantitative estimate of drug-likeness (QED) is 0.195. The van der Waals surface area contributed by atoms with Gasteiger partial charge in [0, 0.05) is 16.3 Å². The van der Waals surface area contributed by atoms with Crippen LogP contribution >= 0.6 is 0 Å². The molecule has 0 saturated carbocycles. The summed E-state index contributed by atoms with van der Waals surface area (Å²) >= 11 is 0. The molecule has 0 amide bonds. The molecule has 0 aliphatic rings. The van der Waals surface area contributed by atoms with Gasteiger partial charge in [0.25, 0.3) is 0 Å². The molecular weight excluding hydrogens is 428 g/mol. The molecule has 3 heteroatoms. The Labute approximate surface area is 206 Å². The second-order valence-corrected chi connectivity index (χ2v) is 10.1. The fourth-order valence-electron chi connectivity index (χ4n) is 5.51. The molecule has 2 aromatic heterocycles. The fraction of sp³-hybridized carbons (Fsp3) is 0.219. The number of fused-ring (bicyclic) bond motifs is 7. The molecule has 0 unspecified atom stereocenters. The first kappa shape index (κ1) is 21.7. The Morgan fingerprint density at radius 2 is 1.40 bits per heavy atom. The number of benzene rings is 4. The van der Waals surface area contributed by atoms with Crippen LogP contribution in [-0.4, -0.2) is 16.5 Å². The average molecular weight is 459 g/mol. The third-order valence-electron chi connectivity index (χ3n) is 7.25. The van der Waals surface area contributed by atoms with Crippen LogP contribution in [0.2, 0.25) is 0 Å². The molecule has 2 heterocycles. The Bertz CT molecular complexity index is 1710. The van der Waals surface area contributed by atoms with Gasteiger partial charge in [-0.15, -0.1) is 0 Å². The van der Waals surface area contributed by atoms with E-state index in [1.807, 2.05) is 6.07 Å². The van der Waals surface area contributed by atoms with Crippen LogP contribution in [0.15, 0.2) is 79.0 Å². The second kappa shape index (κ2) is 8.13. The minimum Gasteiger partial charge on any atom is -0.497 e. The highest BCUT2D eigenvalue weighted by Crippen LogP contribution is 2.40. The van der Waals surface area contributed by atoms with Crippen molar-refractivity contribution in [3.8, 4) is 17.0 Å². The predicted octanol–water partition coefficient (Wildman–Crippen LogP) is 8.72. The third-order valence-corrected chi connectivity index (χ3v) is 7.25. The van der Waals surface area contributed by atoms with E-state index in [2.05, 4.69) is 105 Å². The molecular formula is C32H30N2O. The summed E-state index contributed by atoms with van der Waals surface area (Å²) in [6.07, 6.45) is 2.07. The zero-order valence-electron chi connectivity index (χ0n) is 21.0. The van der Waals surface area contributed by atoms with Crippen LogP contribution in [-0.2, 0) is 0 Å². The van der Waals surface area contributed by atoms with Crippen LogP contribution in [0.1, 0.15) is 50.7 Å². The molecule has 6 aromatic rings. The molecule has 0 saturated heterocycles. The number of ether oxygens (including phenoxy) is 1. The SMILES string of the molecule is COc1ccc2c3cc4ccccc4cc3n3c(-c4c(C(C)C)cccc4C(C)C)cnc3c2c1. The van der Waals surface area contributed by atoms with Gasteiger partial charge in [0.15, 0.2) is 0 Å². The van der Waals surface area contributed by atoms with Crippen molar-refractivity contribution >= 4 is 38.1 Å². The van der Waals surface area contributed by atoms with Crippen molar-refractivity contribution in [2.75, 3.05) is 7.11 Å². The van der Waals surface area contributed by atoms with Gasteiger partial charge in [-0.25, -0.2) is 4.98 Å². The van der Waals surface area contributed by atoms with Gasteiger partial charge < -0.3 is 4.74 Å². The predicted molar refractivity (Wildman–Crippen MR) is 148 cm³/mol. The summed E-state index contributed by atoms with van der Waals surface area (Å²) in [4.78, 5) is 5.04. The maximum atomic E-state index is 5.61. The Hall–Kier alpha value is -3.85. The molecule has 0 bridgehead atoms. The van der Waals surface area contributed by atoms with E-state index >= 15 is 0 Å². The number of pyridine rings is 1. The Morgan fingerprint density at radius 3 is 2.06 bits per heavy atom. The first-order valence-electron chi connectivity index (χ1n) is 12.4. The van der Waals surface area contributed by atoms with E-state index in [0.29, 0.717) is 11.8 Å². The first-order valence-corrected chi connectivity index (χ1v) is 12.4. The van der Waals surface area contributed by atoms with E-state index in [1.165, 1.54) is 43.8 Å². The fourth-order valence-corrected chi connectivity index (χ4v) is 5.51. The molecule has 0 aliphatic heterocycles. The van der Waals surface area contributed by atoms with E-state index < -0.39 is 0 Å². The van der Waals surface area contributed by atoms with Crippen LogP contribution in [0.3, 0.4) is 0 Å². The molecule has 0 spiro atoms. The average Bonchev–Trinajstić information content (AvgIpc) is 3.32. The zero-order valence-corrected chi connectivity index (χ0v) is 21.0. The molecule has 0 aliphatic carbocycles. The molecule has 6 rings (SSSR count). The van der Waals surface area contributed by atoms with Crippen molar-refractivity contribution in [1.29, 1.82) is 0 Å². The Morgan fingerprint density at radius 1 is 0.714 bits per heavy atom. The molecule has 0 N–H and O–H groups in total. The smallest absolute Gasteiger partial charge is 0.145 e. The molecule has 4 aromatic carbocycles. The van der Waals surface area contributed by atoms with Crippen LogP contribution in [0.5, 0.6) is 5.75 Å². The van der Waals surface area contributed by atoms with E-state index in [4.69, 9.17) is 9.72 Å². The van der Waals surface area contributed by atoms with Crippen molar-refractivity contribution in [2.24, 2.45) is 0 Å². The van der Waals surface area contributed by atoms with Gasteiger partial charge in [-0.1, -0.05) is 70.2 Å². The summed E-state index contributed by atoms with van der Waals surface area (Å²) in [5.74, 6) is 1.65. The summed E-state index contributed by atoms with van der Waals surface area (Å²) < 4.78 is 7.98. The lowest BCUT2D eigenvalue weighted by Gasteiger charge is -2.20. The van der Waals surface area contributed by atoms with Gasteiger partial charge in [0.05, 0.1) is 24.5 Å². The van der Waals surface area contributed by atoms with E-state index in [1.54, 1.807) is 7.11 Å². The van der Waals surface area contributed by atoms with Crippen molar-refractivity contribution in [2.45, 2.75) is 39.5 Å². The van der Waals surface area contributed by atoms with Crippen molar-refractivity contribution in [3.05, 3.63) is 90.1 Å². The van der Waals surface area contributed by atoms with Crippen molar-refractivity contribution < 1.29 is 4.74 Å². The number of methoxy groups -OCH3 is 1. The Kier molecular flexibility index (Phi) is 5.03. The van der Waals surface area contributed by atoms with Gasteiger partial charge in [0.2, 0.25) is 0 Å². The highest BCUT2D eigenvalue weighted by molar-refractivity contribution is 6.16. The second-order valence-electron chi connectivity index (χ2n) is 10.1. The lowest BCUT2D eigenvalue weighted by Crippen LogP contribution is -2.02. The molecule has 174 valence electrons. The highest BCUT2D eigenvalue weighted by Gasteiger charge is 2.21. The summed E-state index contributed by atoms with van der Waals surface area (Å²) in [6.45, 7) is 9.10. The Balaban J connectivity index is 1.85. The highest BCUT2D eigenvalue weighted by atomic mass is 16.5. The molecule has 3 nitrogen and oxygen atoms in total. The van der Waals surface area contributed by atoms with Gasteiger partial charge in [-0.05, 0) is 69.5 Å². The summed E-state index contributed by atoms with van der Waals surface area (Å²) in [7, 11) is 1.72. The molecule has 35 heavy (non-hydrogen) atoms. The number of nitrogens with zero attached hydrogens (tertiary/aromatic N) is 2. The lowest BCUT2D eigenvalue weighted by atomic mass is 9.87. The minimum atomic E-state index is 0.405. The maximum Gasteiger partial charge on any atom is 0.145 e. The van der Waals surface area contributed by atoms with Crippen molar-refractivity contribution in [3.63, 3.8) is 0 Å². The normalized spacial score (nSPS) is 12.1. The summed E-state index contributed by atoms with van der Waals surface area (Å²) in [6, 6.07) is 26.3. The van der Waals surface area contributed by atoms with Gasteiger partial charge in [-0.3, -0.25) is 4.40 Å². The minimum absolute atomic E-state index is 0.405. The van der Waals surface area contributed by atoms with E-state index in [0.717, 1.165) is 22.5 Å². The number of aromatic nitrogens is 2. The largest absolute Gasteiger partial charge is 0.497 e. The summed E-state index contributed by atoms with van der Waals surface area (Å²) in [5, 5.41) is 5.99. The van der Waals surface area contributed by atoms with E-state index in [-0.39, 0.29) is 0 Å². The number of hydrogen-bond acceptors (Lipinski definition) is 2. The maximum absolute atomic E-state index is 5.61. The third kappa shape index (κ3) is 3.30. The van der Waals surface area contributed by atoms with Gasteiger partial charge >= 0.3 is 0 Å². The lowest BCUT2D eigenvalue weighted by molar-refractivity contribution is 0.415. The topological polar surface area (TPSA) is 26.5 Å². The zero-order chi connectivity index (χ0) is 24.3. The van der Waals surface area contributed by atoms with Gasteiger partial charge in [-0.2, -0.15) is 0 Å². The molecule has 0 atom stereocenters. The van der Waals surface area contributed by atoms with Crippen LogP contribution < -0.4 is 4.74 Å². The monoisotopic (exact) mass is 458 g/mol. The molecule has 0 radical (unpaired) electrons. The number of rotatable bonds is 4. The van der Waals surface area contributed by atoms with Crippen molar-refractivity contribution in [1.82, 2.24) is 9.38 Å². The first-order chi connectivity index (χ1) is 17.0. The standard InChI is InChI=1S/C32H30N2O/c1-19(2)24-11-8-12-25(20(3)4)31(24)30-18-33-32-28-17-23(35-5)13-14-26(28)27-15-21-9-6-7-10-22(21)16-29(27)34(30)32/h6-20H,1-5H3. The van der Waals surface area contributed by atoms with Crippen LogP contribution in [0, 0.1) is 0 Å². The molecule has 0 fully saturated rings. The van der Waals surface area contributed by atoms with Gasteiger partial charge in [0.1, 0.15) is 11.4 Å². The van der Waals surface area contributed by atoms with Crippen LogP contribution in [0.25, 0.3) is 49.4 Å². The number of hydrogen-bond donors (Lipinski definition) is 0. The van der Waals surface area contributed by atoms with Crippen LogP contribution in [0.4, 0.5) is 0 Å². The summed E-state index contributed by atoms with van der Waals surface area (Å²) in [5.41, 5.74) is 7.32.